The molecular weight excluding hydrogens is 655 g/mol. The molecule has 0 atom stereocenters. The van der Waals surface area contributed by atoms with Crippen molar-refractivity contribution in [3.05, 3.63) is 59.4 Å². The van der Waals surface area contributed by atoms with Crippen LogP contribution in [-0.2, 0) is 0 Å². The van der Waals surface area contributed by atoms with E-state index in [9.17, 15) is 22.0 Å². The Morgan fingerprint density at radius 3 is 1.25 bits per heavy atom. The summed E-state index contributed by atoms with van der Waals surface area (Å²) in [6.07, 6.45) is 26.6. The summed E-state index contributed by atoms with van der Waals surface area (Å²) in [5.74, 6) is 5.63. The third-order valence-corrected chi connectivity index (χ3v) is 13.2. The summed E-state index contributed by atoms with van der Waals surface area (Å²) < 4.78 is 71.5. The number of alkyl halides is 4. The van der Waals surface area contributed by atoms with E-state index in [1.165, 1.54) is 133 Å². The van der Waals surface area contributed by atoms with Gasteiger partial charge in [0.05, 0.1) is 0 Å². The highest BCUT2D eigenvalue weighted by molar-refractivity contribution is 5.32. The Balaban J connectivity index is 0.000000198. The van der Waals surface area contributed by atoms with Crippen molar-refractivity contribution >= 4 is 0 Å². The average Bonchev–Trinajstić information content (AvgIpc) is 3.13. The lowest BCUT2D eigenvalue weighted by atomic mass is 9.74. The molecule has 6 rings (SSSR count). The van der Waals surface area contributed by atoms with Crippen LogP contribution in [0.25, 0.3) is 0 Å². The second kappa shape index (κ2) is 20.2. The van der Waals surface area contributed by atoms with E-state index < -0.39 is 19.0 Å². The van der Waals surface area contributed by atoms with Crippen molar-refractivity contribution in [3.63, 3.8) is 0 Å². The molecule has 0 aliphatic heterocycles. The van der Waals surface area contributed by atoms with E-state index in [1.54, 1.807) is 18.2 Å². The first-order chi connectivity index (χ1) is 24.6. The van der Waals surface area contributed by atoms with Crippen LogP contribution in [0.3, 0.4) is 0 Å². The lowest BCUT2D eigenvalue weighted by Gasteiger charge is -2.31. The van der Waals surface area contributed by atoms with Crippen molar-refractivity contribution < 1.29 is 31.4 Å². The molecule has 0 N–H and O–H groups in total. The first-order valence-corrected chi connectivity index (χ1v) is 20.4. The molecule has 4 saturated carbocycles. The SMILES string of the molecule is CC1CCC(CCC2CCC(c3ccc(OC(F)F)c(F)c3)CC2)CC1.CC1CCC(CCC2CCC(c3ccc(OC(F)F)cc3)CC2)CC1. The van der Waals surface area contributed by atoms with Crippen LogP contribution in [0.1, 0.15) is 165 Å². The van der Waals surface area contributed by atoms with Gasteiger partial charge < -0.3 is 9.47 Å². The topological polar surface area (TPSA) is 18.5 Å². The average molecular weight is 719 g/mol. The molecule has 7 heteroatoms. The largest absolute Gasteiger partial charge is 0.435 e. The maximum Gasteiger partial charge on any atom is 0.387 e. The fourth-order valence-electron chi connectivity index (χ4n) is 9.63. The zero-order valence-corrected chi connectivity index (χ0v) is 31.2. The maximum atomic E-state index is 13.9. The highest BCUT2D eigenvalue weighted by Crippen LogP contribution is 2.42. The van der Waals surface area contributed by atoms with E-state index in [0.717, 1.165) is 53.9 Å². The lowest BCUT2D eigenvalue weighted by molar-refractivity contribution is -0.0523. The molecule has 4 fully saturated rings. The van der Waals surface area contributed by atoms with E-state index in [1.807, 2.05) is 12.1 Å². The summed E-state index contributed by atoms with van der Waals surface area (Å²) in [4.78, 5) is 0. The number of ether oxygens (including phenoxy) is 2. The van der Waals surface area contributed by atoms with Gasteiger partial charge in [0.15, 0.2) is 11.6 Å². The number of rotatable bonds is 12. The van der Waals surface area contributed by atoms with Gasteiger partial charge in [0, 0.05) is 0 Å². The lowest BCUT2D eigenvalue weighted by Crippen LogP contribution is -2.17. The molecule has 0 saturated heterocycles. The normalized spacial score (nSPS) is 30.1. The predicted molar refractivity (Wildman–Crippen MR) is 196 cm³/mol. The van der Waals surface area contributed by atoms with Gasteiger partial charge in [-0.05, 0) is 134 Å². The third kappa shape index (κ3) is 13.2. The molecule has 4 aliphatic rings. The maximum absolute atomic E-state index is 13.9. The van der Waals surface area contributed by atoms with Crippen LogP contribution in [0, 0.1) is 41.3 Å². The molecule has 51 heavy (non-hydrogen) atoms. The highest BCUT2D eigenvalue weighted by atomic mass is 19.3. The van der Waals surface area contributed by atoms with Crippen LogP contribution < -0.4 is 9.47 Å². The van der Waals surface area contributed by atoms with E-state index in [0.29, 0.717) is 11.8 Å². The Hall–Kier alpha value is -2.31. The molecule has 286 valence electrons. The van der Waals surface area contributed by atoms with Crippen LogP contribution in [0.5, 0.6) is 11.5 Å². The molecule has 0 amide bonds. The summed E-state index contributed by atoms with van der Waals surface area (Å²) in [7, 11) is 0. The summed E-state index contributed by atoms with van der Waals surface area (Å²) in [6, 6.07) is 11.8. The zero-order valence-electron chi connectivity index (χ0n) is 31.2. The molecule has 2 nitrogen and oxygen atoms in total. The summed E-state index contributed by atoms with van der Waals surface area (Å²) in [5.41, 5.74) is 2.20. The van der Waals surface area contributed by atoms with Gasteiger partial charge in [-0.2, -0.15) is 17.6 Å². The van der Waals surface area contributed by atoms with Crippen molar-refractivity contribution in [2.24, 2.45) is 35.5 Å². The van der Waals surface area contributed by atoms with Gasteiger partial charge in [0.25, 0.3) is 0 Å². The van der Waals surface area contributed by atoms with Crippen molar-refractivity contribution in [2.45, 2.75) is 167 Å². The molecule has 0 bridgehead atoms. The van der Waals surface area contributed by atoms with E-state index in [2.05, 4.69) is 23.3 Å². The van der Waals surface area contributed by atoms with E-state index in [-0.39, 0.29) is 11.5 Å². The standard InChI is InChI=1S/C22H31F3O.C22H32F2O/c1-15-2-4-16(5-3-15)6-7-17-8-10-18(11-9-17)19-12-13-21(20(23)14-19)26-22(24)25;1-16-2-4-17(5-3-16)6-7-18-8-10-19(11-9-18)20-12-14-21(15-13-20)25-22(23)24/h12-18,22H,2-11H2,1H3;12-19,22H,2-11H2,1H3. The Bertz CT molecular complexity index is 1250. The van der Waals surface area contributed by atoms with Gasteiger partial charge >= 0.3 is 13.2 Å². The first-order valence-electron chi connectivity index (χ1n) is 20.4. The second-order valence-corrected chi connectivity index (χ2v) is 16.9. The van der Waals surface area contributed by atoms with Crippen LogP contribution in [0.15, 0.2) is 42.5 Å². The van der Waals surface area contributed by atoms with Crippen molar-refractivity contribution in [2.75, 3.05) is 0 Å². The molecular formula is C44H63F5O2. The predicted octanol–water partition coefficient (Wildman–Crippen LogP) is 14.5. The second-order valence-electron chi connectivity index (χ2n) is 16.9. The summed E-state index contributed by atoms with van der Waals surface area (Å²) in [6.45, 7) is -0.970. The van der Waals surface area contributed by atoms with Crippen LogP contribution >= 0.6 is 0 Å². The van der Waals surface area contributed by atoms with Gasteiger partial charge in [0.2, 0.25) is 0 Å². The Labute approximate surface area is 304 Å². The zero-order chi connectivity index (χ0) is 36.2. The van der Waals surface area contributed by atoms with Crippen LogP contribution in [0.4, 0.5) is 22.0 Å². The van der Waals surface area contributed by atoms with Crippen molar-refractivity contribution in [3.8, 4) is 11.5 Å². The first kappa shape index (κ1) is 39.9. The molecule has 0 spiro atoms. The van der Waals surface area contributed by atoms with Gasteiger partial charge in [-0.25, -0.2) is 4.39 Å². The monoisotopic (exact) mass is 718 g/mol. The third-order valence-electron chi connectivity index (χ3n) is 13.2. The minimum atomic E-state index is -2.99. The highest BCUT2D eigenvalue weighted by Gasteiger charge is 2.27. The van der Waals surface area contributed by atoms with Crippen LogP contribution in [-0.4, -0.2) is 13.2 Å². The van der Waals surface area contributed by atoms with Gasteiger partial charge in [-0.15, -0.1) is 0 Å². The quantitative estimate of drug-likeness (QED) is 0.203. The number of hydrogen-bond donors (Lipinski definition) is 0. The Morgan fingerprint density at radius 2 is 0.863 bits per heavy atom. The number of halogens is 5. The van der Waals surface area contributed by atoms with Gasteiger partial charge in [-0.1, -0.05) is 109 Å². The molecule has 4 aliphatic carbocycles. The molecule has 0 unspecified atom stereocenters. The minimum absolute atomic E-state index is 0.259. The molecule has 2 aromatic carbocycles. The van der Waals surface area contributed by atoms with Gasteiger partial charge in [0.1, 0.15) is 5.75 Å². The fraction of sp³-hybridized carbons (Fsp3) is 0.727. The Kier molecular flexibility index (Phi) is 15.8. The summed E-state index contributed by atoms with van der Waals surface area (Å²) >= 11 is 0. The summed E-state index contributed by atoms with van der Waals surface area (Å²) in [5, 5.41) is 0. The molecule has 0 aromatic heterocycles. The molecule has 2 aromatic rings. The molecule has 0 heterocycles. The van der Waals surface area contributed by atoms with Crippen molar-refractivity contribution in [1.29, 1.82) is 0 Å². The van der Waals surface area contributed by atoms with Crippen LogP contribution in [0.2, 0.25) is 0 Å². The number of benzene rings is 2. The number of hydrogen-bond acceptors (Lipinski definition) is 2. The smallest absolute Gasteiger partial charge is 0.387 e. The van der Waals surface area contributed by atoms with E-state index >= 15 is 0 Å². The van der Waals surface area contributed by atoms with Gasteiger partial charge in [-0.3, -0.25) is 0 Å². The fourth-order valence-corrected chi connectivity index (χ4v) is 9.63. The Morgan fingerprint density at radius 1 is 0.490 bits per heavy atom. The van der Waals surface area contributed by atoms with E-state index in [4.69, 9.17) is 0 Å². The molecule has 0 radical (unpaired) electrons. The van der Waals surface area contributed by atoms with Crippen molar-refractivity contribution in [1.82, 2.24) is 0 Å². The minimum Gasteiger partial charge on any atom is -0.435 e.